The van der Waals surface area contributed by atoms with Gasteiger partial charge in [-0.25, -0.2) is 0 Å². The maximum atomic E-state index is 12.4. The van der Waals surface area contributed by atoms with Crippen molar-refractivity contribution in [1.29, 1.82) is 5.26 Å². The zero-order valence-electron chi connectivity index (χ0n) is 29.4. The van der Waals surface area contributed by atoms with Crippen molar-refractivity contribution in [1.82, 2.24) is 19.9 Å². The summed E-state index contributed by atoms with van der Waals surface area (Å²) in [6.07, 6.45) is 1.64. The van der Waals surface area contributed by atoms with Crippen LogP contribution in [0.5, 0.6) is 5.75 Å². The summed E-state index contributed by atoms with van der Waals surface area (Å²) in [4.78, 5) is 28.7. The van der Waals surface area contributed by atoms with E-state index >= 15 is 0 Å². The van der Waals surface area contributed by atoms with Crippen molar-refractivity contribution in [3.05, 3.63) is 106 Å². The number of aromatic nitrogens is 3. The molecule has 1 fully saturated rings. The molecule has 0 N–H and O–H groups in total. The molecule has 0 bridgehead atoms. The molecule has 3 heterocycles. The Morgan fingerprint density at radius 1 is 1.10 bits per heavy atom. The SMILES string of the molecule is C=Nc1cc(CN2CCC(OC=O)CC2)cc(C#N)c1OCc1cccc(-c2cccc(CC)c2)c1C.Cc1nc(C(F)F)nc2c[c]([Sb])cnc12. The minimum absolute atomic E-state index is 0.0119. The maximum absolute atomic E-state index is 12.4. The molecule has 0 spiro atoms. The van der Waals surface area contributed by atoms with Crippen LogP contribution in [0.1, 0.15) is 65.5 Å². The predicted octanol–water partition coefficient (Wildman–Crippen LogP) is 7.21. The molecule has 0 amide bonds. The summed E-state index contributed by atoms with van der Waals surface area (Å²) in [6, 6.07) is 22.7. The monoisotopic (exact) mass is 810 g/mol. The molecule has 5 aromatic rings. The van der Waals surface area contributed by atoms with Crippen molar-refractivity contribution in [2.75, 3.05) is 13.1 Å². The summed E-state index contributed by atoms with van der Waals surface area (Å²) < 4.78 is 37.1. The van der Waals surface area contributed by atoms with Gasteiger partial charge < -0.3 is 9.47 Å². The topological polar surface area (TPSA) is 114 Å². The van der Waals surface area contributed by atoms with Gasteiger partial charge in [0.15, 0.2) is 5.75 Å². The van der Waals surface area contributed by atoms with Gasteiger partial charge in [-0.15, -0.1) is 0 Å². The molecule has 2 aromatic heterocycles. The second-order valence-electron chi connectivity index (χ2n) is 12.4. The first-order valence-corrected chi connectivity index (χ1v) is 18.2. The number of nitrogens with zero attached hydrogens (tertiary/aromatic N) is 6. The Bertz CT molecular complexity index is 2100. The van der Waals surface area contributed by atoms with E-state index in [1.807, 2.05) is 18.2 Å². The second-order valence-corrected chi connectivity index (χ2v) is 13.9. The van der Waals surface area contributed by atoms with Crippen molar-refractivity contribution in [2.45, 2.75) is 65.7 Å². The number of aryl methyl sites for hydroxylation is 2. The Kier molecular flexibility index (Phi) is 13.4. The van der Waals surface area contributed by atoms with Crippen LogP contribution in [0.25, 0.3) is 22.2 Å². The molecule has 0 unspecified atom stereocenters. The molecule has 6 rings (SSSR count). The number of piperidine rings is 1. The molecule has 0 aliphatic carbocycles. The molecule has 9 nitrogen and oxygen atoms in total. The van der Waals surface area contributed by atoms with Crippen molar-refractivity contribution in [3.8, 4) is 22.9 Å². The van der Waals surface area contributed by atoms with Gasteiger partial charge >= 0.3 is 98.4 Å². The first-order chi connectivity index (χ1) is 25.1. The summed E-state index contributed by atoms with van der Waals surface area (Å²) in [5.74, 6) is 0.0236. The first kappa shape index (κ1) is 38.4. The molecule has 0 saturated carbocycles. The first-order valence-electron chi connectivity index (χ1n) is 16.9. The third kappa shape index (κ3) is 9.55. The van der Waals surface area contributed by atoms with Crippen LogP contribution in [-0.4, -0.2) is 75.3 Å². The number of aliphatic imine (C=N–C) groups is 1. The van der Waals surface area contributed by atoms with E-state index in [0.29, 0.717) is 53.4 Å². The van der Waals surface area contributed by atoms with Gasteiger partial charge in [0, 0.05) is 19.6 Å². The number of rotatable bonds is 11. The summed E-state index contributed by atoms with van der Waals surface area (Å²) in [5.41, 5.74) is 9.43. The van der Waals surface area contributed by atoms with E-state index in [1.54, 1.807) is 19.2 Å². The molecule has 12 heteroatoms. The molecule has 52 heavy (non-hydrogen) atoms. The van der Waals surface area contributed by atoms with E-state index in [4.69, 9.17) is 9.47 Å². The van der Waals surface area contributed by atoms with Crippen LogP contribution in [0.3, 0.4) is 0 Å². The number of pyridine rings is 1. The fraction of sp³-hybridized carbons (Fsp3) is 0.300. The minimum atomic E-state index is -2.64. The summed E-state index contributed by atoms with van der Waals surface area (Å²) in [6.45, 7) is 12.8. The fourth-order valence-electron chi connectivity index (χ4n) is 6.19. The standard InChI is InChI=1S/C31H33N3O3.C9H6F2N3.Sb/c1-4-23-7-5-8-25(15-23)29-10-6-9-26(22(29)2)20-36-31-27(18-32)16-24(17-30(31)33-3)19-34-13-11-28(12-14-34)37-21-35;1-5-7-6(3-2-4-12-7)14-9(13-5)8(10)11;/h5-10,15-17,21,28H,3-4,11-14,19-20H2,1-2H3;3-4,8H,1H3;. The van der Waals surface area contributed by atoms with Gasteiger partial charge in [0.1, 0.15) is 24.5 Å². The van der Waals surface area contributed by atoms with Crippen LogP contribution in [-0.2, 0) is 29.1 Å². The number of carbonyl (C=O) groups is 1. The van der Waals surface area contributed by atoms with Gasteiger partial charge in [0.25, 0.3) is 6.47 Å². The molecule has 1 saturated heterocycles. The van der Waals surface area contributed by atoms with E-state index in [1.165, 1.54) is 39.7 Å². The number of benzene rings is 3. The van der Waals surface area contributed by atoms with Crippen LogP contribution in [0, 0.1) is 25.2 Å². The zero-order valence-corrected chi connectivity index (χ0v) is 31.9. The van der Waals surface area contributed by atoms with Gasteiger partial charge in [-0.1, -0.05) is 49.4 Å². The van der Waals surface area contributed by atoms with Gasteiger partial charge in [0.05, 0.1) is 5.56 Å². The van der Waals surface area contributed by atoms with Gasteiger partial charge in [-0.2, -0.15) is 5.26 Å². The van der Waals surface area contributed by atoms with E-state index in [2.05, 4.69) is 87.9 Å². The average molecular weight is 812 g/mol. The third-order valence-electron chi connectivity index (χ3n) is 8.98. The number of fused-ring (bicyclic) bond motifs is 1. The van der Waals surface area contributed by atoms with Crippen LogP contribution in [0.15, 0.2) is 71.9 Å². The van der Waals surface area contributed by atoms with Crippen molar-refractivity contribution in [3.63, 3.8) is 0 Å². The molecule has 1 aliphatic heterocycles. The van der Waals surface area contributed by atoms with Gasteiger partial charge in [0.2, 0.25) is 0 Å². The van der Waals surface area contributed by atoms with Crippen LogP contribution < -0.4 is 8.25 Å². The quantitative estimate of drug-likeness (QED) is 0.0782. The average Bonchev–Trinajstić information content (AvgIpc) is 3.15. The van der Waals surface area contributed by atoms with Crippen LogP contribution in [0.2, 0.25) is 0 Å². The van der Waals surface area contributed by atoms with Crippen molar-refractivity contribution in [2.24, 2.45) is 4.99 Å². The Labute approximate surface area is 316 Å². The number of nitriles is 1. The van der Waals surface area contributed by atoms with Gasteiger partial charge in [-0.3, -0.25) is 14.7 Å². The molecule has 3 aromatic carbocycles. The summed E-state index contributed by atoms with van der Waals surface area (Å²) in [5, 5.41) is 9.90. The van der Waals surface area contributed by atoms with E-state index in [-0.39, 0.29) is 6.10 Å². The van der Waals surface area contributed by atoms with E-state index < -0.39 is 12.2 Å². The number of ether oxygens (including phenoxy) is 2. The Morgan fingerprint density at radius 2 is 1.87 bits per heavy atom. The number of hydrogen-bond donors (Lipinski definition) is 0. The molecule has 1 aliphatic rings. The number of hydrogen-bond acceptors (Lipinski definition) is 9. The number of likely N-dealkylation sites (tertiary alicyclic amines) is 1. The Hall–Kier alpha value is -4.78. The number of halogens is 2. The van der Waals surface area contributed by atoms with E-state index in [9.17, 15) is 18.8 Å². The Balaban J connectivity index is 0.000000289. The summed E-state index contributed by atoms with van der Waals surface area (Å²) in [7, 11) is 0. The van der Waals surface area contributed by atoms with Crippen molar-refractivity contribution >= 4 is 56.4 Å². The van der Waals surface area contributed by atoms with Crippen molar-refractivity contribution < 1.29 is 23.0 Å². The molecule has 0 atom stereocenters. The second kappa shape index (κ2) is 18.1. The summed E-state index contributed by atoms with van der Waals surface area (Å²) >= 11 is 1.47. The normalized spacial score (nSPS) is 13.3. The Morgan fingerprint density at radius 3 is 2.56 bits per heavy atom. The number of carbonyl (C=O) groups excluding carboxylic acids is 1. The van der Waals surface area contributed by atoms with E-state index in [0.717, 1.165) is 52.6 Å². The van der Waals surface area contributed by atoms with Gasteiger partial charge in [-0.05, 0) is 78.4 Å². The molecular weight excluding hydrogens is 772 g/mol. The fourth-order valence-corrected chi connectivity index (χ4v) is 6.71. The predicted molar refractivity (Wildman–Crippen MR) is 199 cm³/mol. The zero-order chi connectivity index (χ0) is 37.2. The molecular formula is C40H39F2N6O3Sb. The van der Waals surface area contributed by atoms with Crippen LogP contribution >= 0.6 is 0 Å². The molecule has 2 radical (unpaired) electrons. The third-order valence-corrected chi connectivity index (χ3v) is 9.68. The number of alkyl halides is 2. The van der Waals surface area contributed by atoms with Crippen LogP contribution in [0.4, 0.5) is 14.5 Å². The molecule has 266 valence electrons.